The van der Waals surface area contributed by atoms with Crippen molar-refractivity contribution in [2.75, 3.05) is 18.4 Å². The number of urea groups is 1. The lowest BCUT2D eigenvalue weighted by atomic mass is 10.3. The molecule has 0 heterocycles. The predicted molar refractivity (Wildman–Crippen MR) is 88.3 cm³/mol. The number of hydrogen-bond donors (Lipinski definition) is 2. The van der Waals surface area contributed by atoms with Crippen molar-refractivity contribution in [3.8, 4) is 0 Å². The van der Waals surface area contributed by atoms with Crippen LogP contribution < -0.4 is 10.6 Å². The SMILES string of the molecule is CC(C)N(CCNC(=O)Nc1cc(Cl)ccc1Cl)C1CC1. The highest BCUT2D eigenvalue weighted by atomic mass is 35.5. The van der Waals surface area contributed by atoms with E-state index in [1.807, 2.05) is 0 Å². The van der Waals surface area contributed by atoms with Crippen LogP contribution in [0.5, 0.6) is 0 Å². The molecule has 21 heavy (non-hydrogen) atoms. The summed E-state index contributed by atoms with van der Waals surface area (Å²) >= 11 is 11.9. The molecule has 4 nitrogen and oxygen atoms in total. The molecule has 1 aliphatic carbocycles. The van der Waals surface area contributed by atoms with Crippen LogP contribution >= 0.6 is 23.2 Å². The third-order valence-electron chi connectivity index (χ3n) is 3.51. The van der Waals surface area contributed by atoms with Gasteiger partial charge in [-0.25, -0.2) is 4.79 Å². The summed E-state index contributed by atoms with van der Waals surface area (Å²) in [4.78, 5) is 14.3. The maximum Gasteiger partial charge on any atom is 0.319 e. The molecule has 1 aromatic rings. The standard InChI is InChI=1S/C15H21Cl2N3O/c1-10(2)20(12-4-5-12)8-7-18-15(21)19-14-9-11(16)3-6-13(14)17/h3,6,9-10,12H,4-5,7-8H2,1-2H3,(H2,18,19,21). The Morgan fingerprint density at radius 1 is 1.38 bits per heavy atom. The van der Waals surface area contributed by atoms with E-state index < -0.39 is 0 Å². The van der Waals surface area contributed by atoms with Crippen LogP contribution in [0.25, 0.3) is 0 Å². The molecule has 0 spiro atoms. The van der Waals surface area contributed by atoms with E-state index >= 15 is 0 Å². The van der Waals surface area contributed by atoms with Gasteiger partial charge in [0.1, 0.15) is 0 Å². The normalized spacial score (nSPS) is 14.6. The van der Waals surface area contributed by atoms with Gasteiger partial charge in [-0.1, -0.05) is 23.2 Å². The van der Waals surface area contributed by atoms with Gasteiger partial charge in [-0.05, 0) is 44.9 Å². The predicted octanol–water partition coefficient (Wildman–Crippen LogP) is 3.99. The van der Waals surface area contributed by atoms with Crippen LogP contribution in [0, 0.1) is 0 Å². The summed E-state index contributed by atoms with van der Waals surface area (Å²) in [5.41, 5.74) is 0.518. The van der Waals surface area contributed by atoms with Gasteiger partial charge in [-0.3, -0.25) is 4.90 Å². The minimum absolute atomic E-state index is 0.265. The second-order valence-electron chi connectivity index (χ2n) is 5.57. The molecule has 0 radical (unpaired) electrons. The topological polar surface area (TPSA) is 44.4 Å². The number of amides is 2. The molecule has 1 fully saturated rings. The Labute approximate surface area is 135 Å². The number of anilines is 1. The summed E-state index contributed by atoms with van der Waals surface area (Å²) in [5, 5.41) is 6.57. The molecule has 2 rings (SSSR count). The zero-order valence-corrected chi connectivity index (χ0v) is 13.8. The van der Waals surface area contributed by atoms with Crippen LogP contribution in [0.4, 0.5) is 10.5 Å². The van der Waals surface area contributed by atoms with E-state index in [-0.39, 0.29) is 6.03 Å². The molecule has 0 unspecified atom stereocenters. The smallest absolute Gasteiger partial charge is 0.319 e. The highest BCUT2D eigenvalue weighted by molar-refractivity contribution is 6.35. The Hall–Kier alpha value is -0.970. The lowest BCUT2D eigenvalue weighted by Crippen LogP contribution is -2.41. The van der Waals surface area contributed by atoms with Crippen molar-refractivity contribution in [1.29, 1.82) is 0 Å². The Kier molecular flexibility index (Phi) is 5.73. The van der Waals surface area contributed by atoms with E-state index in [0.29, 0.717) is 34.4 Å². The first kappa shape index (κ1) is 16.4. The lowest BCUT2D eigenvalue weighted by molar-refractivity contribution is 0.210. The van der Waals surface area contributed by atoms with E-state index in [9.17, 15) is 4.79 Å². The quantitative estimate of drug-likeness (QED) is 0.828. The van der Waals surface area contributed by atoms with Crippen LogP contribution in [0.1, 0.15) is 26.7 Å². The maximum absolute atomic E-state index is 11.9. The molecular formula is C15H21Cl2N3O. The van der Waals surface area contributed by atoms with Crippen LogP contribution in [0.3, 0.4) is 0 Å². The van der Waals surface area contributed by atoms with Gasteiger partial charge in [0.25, 0.3) is 0 Å². The van der Waals surface area contributed by atoms with Crippen molar-refractivity contribution < 1.29 is 4.79 Å². The van der Waals surface area contributed by atoms with Crippen molar-refractivity contribution >= 4 is 34.9 Å². The van der Waals surface area contributed by atoms with E-state index in [1.54, 1.807) is 18.2 Å². The minimum atomic E-state index is -0.265. The Morgan fingerprint density at radius 2 is 2.10 bits per heavy atom. The van der Waals surface area contributed by atoms with Crippen molar-refractivity contribution in [3.63, 3.8) is 0 Å². The molecule has 2 amide bonds. The highest BCUT2D eigenvalue weighted by Crippen LogP contribution is 2.28. The Bertz CT molecular complexity index is 502. The van der Waals surface area contributed by atoms with Gasteiger partial charge in [0.15, 0.2) is 0 Å². The summed E-state index contributed by atoms with van der Waals surface area (Å²) in [6, 6.07) is 5.91. The first-order valence-corrected chi connectivity index (χ1v) is 7.98. The second-order valence-corrected chi connectivity index (χ2v) is 6.41. The molecule has 0 atom stereocenters. The summed E-state index contributed by atoms with van der Waals surface area (Å²) in [7, 11) is 0. The molecule has 2 N–H and O–H groups in total. The summed E-state index contributed by atoms with van der Waals surface area (Å²) in [5.74, 6) is 0. The molecule has 6 heteroatoms. The zero-order valence-electron chi connectivity index (χ0n) is 12.3. The summed E-state index contributed by atoms with van der Waals surface area (Å²) < 4.78 is 0. The van der Waals surface area contributed by atoms with Gasteiger partial charge in [0.2, 0.25) is 0 Å². The fourth-order valence-corrected chi connectivity index (χ4v) is 2.66. The van der Waals surface area contributed by atoms with Crippen LogP contribution in [-0.4, -0.2) is 36.1 Å². The Balaban J connectivity index is 1.78. The first-order chi connectivity index (χ1) is 9.97. The average molecular weight is 330 g/mol. The molecule has 0 aliphatic heterocycles. The number of carbonyl (C=O) groups excluding carboxylic acids is 1. The van der Waals surface area contributed by atoms with Crippen LogP contribution in [0.15, 0.2) is 18.2 Å². The van der Waals surface area contributed by atoms with E-state index in [4.69, 9.17) is 23.2 Å². The first-order valence-electron chi connectivity index (χ1n) is 7.23. The zero-order chi connectivity index (χ0) is 15.4. The van der Waals surface area contributed by atoms with Gasteiger partial charge in [0, 0.05) is 30.2 Å². The molecule has 0 bridgehead atoms. The molecule has 0 aromatic heterocycles. The molecule has 0 saturated heterocycles. The molecule has 1 aliphatic rings. The largest absolute Gasteiger partial charge is 0.337 e. The molecule has 1 saturated carbocycles. The van der Waals surface area contributed by atoms with E-state index in [2.05, 4.69) is 29.4 Å². The highest BCUT2D eigenvalue weighted by Gasteiger charge is 2.30. The van der Waals surface area contributed by atoms with Gasteiger partial charge in [-0.15, -0.1) is 0 Å². The molecular weight excluding hydrogens is 309 g/mol. The average Bonchev–Trinajstić information content (AvgIpc) is 3.23. The van der Waals surface area contributed by atoms with Crippen molar-refractivity contribution in [3.05, 3.63) is 28.2 Å². The number of carbonyl (C=O) groups is 1. The van der Waals surface area contributed by atoms with Gasteiger partial charge >= 0.3 is 6.03 Å². The monoisotopic (exact) mass is 329 g/mol. The minimum Gasteiger partial charge on any atom is -0.337 e. The van der Waals surface area contributed by atoms with Crippen molar-refractivity contribution in [1.82, 2.24) is 10.2 Å². The van der Waals surface area contributed by atoms with Crippen molar-refractivity contribution in [2.45, 2.75) is 38.8 Å². The second kappa shape index (κ2) is 7.34. The van der Waals surface area contributed by atoms with Crippen LogP contribution in [-0.2, 0) is 0 Å². The Morgan fingerprint density at radius 3 is 2.71 bits per heavy atom. The maximum atomic E-state index is 11.9. The third kappa shape index (κ3) is 5.06. The fraction of sp³-hybridized carbons (Fsp3) is 0.533. The number of nitrogens with one attached hydrogen (secondary N) is 2. The third-order valence-corrected chi connectivity index (χ3v) is 4.08. The van der Waals surface area contributed by atoms with E-state index in [0.717, 1.165) is 6.54 Å². The number of rotatable bonds is 6. The number of benzene rings is 1. The van der Waals surface area contributed by atoms with E-state index in [1.165, 1.54) is 12.8 Å². The van der Waals surface area contributed by atoms with Crippen molar-refractivity contribution in [2.24, 2.45) is 0 Å². The van der Waals surface area contributed by atoms with Gasteiger partial charge in [-0.2, -0.15) is 0 Å². The lowest BCUT2D eigenvalue weighted by Gasteiger charge is -2.26. The number of nitrogens with zero attached hydrogens (tertiary/aromatic N) is 1. The number of hydrogen-bond acceptors (Lipinski definition) is 2. The summed E-state index contributed by atoms with van der Waals surface area (Å²) in [6.07, 6.45) is 2.53. The molecule has 1 aromatic carbocycles. The van der Waals surface area contributed by atoms with Gasteiger partial charge < -0.3 is 10.6 Å². The fourth-order valence-electron chi connectivity index (χ4n) is 2.33. The van der Waals surface area contributed by atoms with Crippen LogP contribution in [0.2, 0.25) is 10.0 Å². The molecule has 116 valence electrons. The number of halogens is 2. The summed E-state index contributed by atoms with van der Waals surface area (Å²) in [6.45, 7) is 5.84. The van der Waals surface area contributed by atoms with Gasteiger partial charge in [0.05, 0.1) is 10.7 Å².